The van der Waals surface area contributed by atoms with Gasteiger partial charge in [-0.1, -0.05) is 36.4 Å². The van der Waals surface area contributed by atoms with Gasteiger partial charge in [-0.3, -0.25) is 29.2 Å². The van der Waals surface area contributed by atoms with Gasteiger partial charge in [-0.15, -0.1) is 0 Å². The van der Waals surface area contributed by atoms with Crippen molar-refractivity contribution >= 4 is 46.8 Å². The van der Waals surface area contributed by atoms with Crippen LogP contribution in [0.25, 0.3) is 0 Å². The van der Waals surface area contributed by atoms with Crippen molar-refractivity contribution in [2.75, 3.05) is 73.3 Å². The summed E-state index contributed by atoms with van der Waals surface area (Å²) in [5, 5.41) is 5.83. The quantitative estimate of drug-likeness (QED) is 0.206. The Labute approximate surface area is 353 Å². The lowest BCUT2D eigenvalue weighted by molar-refractivity contribution is -0.118. The summed E-state index contributed by atoms with van der Waals surface area (Å²) in [7, 11) is 0. The van der Waals surface area contributed by atoms with Gasteiger partial charge in [-0.2, -0.15) is 0 Å². The van der Waals surface area contributed by atoms with Crippen molar-refractivity contribution in [1.29, 1.82) is 0 Å². The zero-order chi connectivity index (χ0) is 41.9. The zero-order valence-corrected chi connectivity index (χ0v) is 33.9. The third-order valence-electron chi connectivity index (χ3n) is 11.8. The minimum atomic E-state index is -0.285. The first kappa shape index (κ1) is 39.9. The van der Waals surface area contributed by atoms with Crippen molar-refractivity contribution in [3.05, 3.63) is 95.6 Å². The summed E-state index contributed by atoms with van der Waals surface area (Å²) >= 11 is 0. The van der Waals surface area contributed by atoms with Crippen molar-refractivity contribution in [2.24, 2.45) is 0 Å². The Morgan fingerprint density at radius 3 is 1.66 bits per heavy atom. The molecule has 0 radical (unpaired) electrons. The Morgan fingerprint density at radius 1 is 0.574 bits per heavy atom. The maximum atomic E-state index is 12.6. The SMILES string of the molecule is Cc1cccc2c1N(C1CCN(CC(=O)Nc3ccc4c(c3)OCO4)CC1)C(=O)OC2.O=C(CN1CCC(N2C(=O)OCc3ccccc32)CC1)Nc1ccc2c(c1)OCO2. The number of piperidine rings is 2. The zero-order valence-electron chi connectivity index (χ0n) is 33.9. The maximum Gasteiger partial charge on any atom is 0.414 e. The van der Waals surface area contributed by atoms with Crippen LogP contribution in [0.15, 0.2) is 78.9 Å². The minimum Gasteiger partial charge on any atom is -0.454 e. The molecule has 2 saturated heterocycles. The molecule has 61 heavy (non-hydrogen) atoms. The Balaban J connectivity index is 0.000000156. The average molecular weight is 833 g/mol. The number of hydrogen-bond acceptors (Lipinski definition) is 12. The highest BCUT2D eigenvalue weighted by atomic mass is 16.7. The first-order chi connectivity index (χ1) is 29.8. The van der Waals surface area contributed by atoms with Crippen LogP contribution in [0.3, 0.4) is 0 Å². The fourth-order valence-electron chi connectivity index (χ4n) is 8.76. The minimum absolute atomic E-state index is 0.0702. The van der Waals surface area contributed by atoms with Gasteiger partial charge < -0.3 is 39.1 Å². The summed E-state index contributed by atoms with van der Waals surface area (Å²) in [6, 6.07) is 24.8. The normalized spacial score (nSPS) is 18.6. The summed E-state index contributed by atoms with van der Waals surface area (Å²) in [5.41, 5.74) is 6.46. The van der Waals surface area contributed by atoms with E-state index < -0.39 is 0 Å². The number of rotatable bonds is 8. The maximum absolute atomic E-state index is 12.6. The number of nitrogens with one attached hydrogen (secondary N) is 2. The predicted molar refractivity (Wildman–Crippen MR) is 224 cm³/mol. The standard InChI is InChI=1S/C23H25N3O5.C22H23N3O5/c1-15-3-2-4-16-13-29-23(28)26(22(15)16)18-7-9-25(10-8-18)12-21(27)24-17-5-6-19-20(11-17)31-14-30-19;26-21(23-16-5-6-19-20(11-16)30-14-29-19)12-24-9-7-17(8-10-24)25-18-4-2-1-3-15(18)13-28-22(25)27/h2-6,11,18H,7-10,12-14H2,1H3,(H,24,27);1-6,11,17H,7-10,12-14H2,(H,23,26). The fourth-order valence-corrected chi connectivity index (χ4v) is 8.76. The lowest BCUT2D eigenvalue weighted by atomic mass is 9.99. The van der Waals surface area contributed by atoms with E-state index in [1.54, 1.807) is 41.3 Å². The number of fused-ring (bicyclic) bond motifs is 4. The number of amides is 4. The number of para-hydroxylation sites is 2. The highest BCUT2D eigenvalue weighted by Gasteiger charge is 2.36. The van der Waals surface area contributed by atoms with Gasteiger partial charge in [0.2, 0.25) is 25.4 Å². The number of likely N-dealkylation sites (tertiary alicyclic amines) is 2. The van der Waals surface area contributed by atoms with Gasteiger partial charge in [0.25, 0.3) is 0 Å². The Hall–Kier alpha value is -6.52. The Bertz CT molecular complexity index is 2310. The smallest absolute Gasteiger partial charge is 0.414 e. The van der Waals surface area contributed by atoms with E-state index in [-0.39, 0.29) is 49.7 Å². The Morgan fingerprint density at radius 2 is 1.07 bits per heavy atom. The molecule has 0 saturated carbocycles. The fraction of sp³-hybridized carbons (Fsp3) is 0.378. The molecule has 6 aliphatic rings. The third kappa shape index (κ3) is 8.86. The molecule has 0 unspecified atom stereocenters. The molecule has 2 fully saturated rings. The summed E-state index contributed by atoms with van der Waals surface area (Å²) < 4.78 is 32.0. The van der Waals surface area contributed by atoms with Crippen LogP contribution < -0.4 is 39.4 Å². The highest BCUT2D eigenvalue weighted by molar-refractivity contribution is 5.94. The lowest BCUT2D eigenvalue weighted by Gasteiger charge is -2.40. The number of ether oxygens (including phenoxy) is 6. The summed E-state index contributed by atoms with van der Waals surface area (Å²) in [6.45, 7) is 6.66. The molecule has 4 aromatic carbocycles. The van der Waals surface area contributed by atoms with Crippen LogP contribution >= 0.6 is 0 Å². The van der Waals surface area contributed by atoms with Crippen molar-refractivity contribution in [1.82, 2.24) is 9.80 Å². The average Bonchev–Trinajstić information content (AvgIpc) is 3.94. The van der Waals surface area contributed by atoms with Crippen molar-refractivity contribution in [2.45, 2.75) is 57.9 Å². The number of aryl methyl sites for hydroxylation is 1. The van der Waals surface area contributed by atoms with Gasteiger partial charge in [-0.25, -0.2) is 9.59 Å². The molecular weight excluding hydrogens is 785 g/mol. The molecule has 4 amide bonds. The lowest BCUT2D eigenvalue weighted by Crippen LogP contribution is -2.50. The van der Waals surface area contributed by atoms with Crippen LogP contribution in [-0.2, 0) is 32.3 Å². The first-order valence-corrected chi connectivity index (χ1v) is 20.7. The van der Waals surface area contributed by atoms with Gasteiger partial charge in [0.1, 0.15) is 13.2 Å². The molecule has 0 atom stereocenters. The summed E-state index contributed by atoms with van der Waals surface area (Å²) in [6.07, 6.45) is 2.61. The van der Waals surface area contributed by atoms with Crippen LogP contribution in [0.5, 0.6) is 23.0 Å². The van der Waals surface area contributed by atoms with Gasteiger partial charge >= 0.3 is 12.2 Å². The number of nitrogens with zero attached hydrogens (tertiary/aromatic N) is 4. The second kappa shape index (κ2) is 17.6. The van der Waals surface area contributed by atoms with E-state index in [9.17, 15) is 19.2 Å². The van der Waals surface area contributed by atoms with Gasteiger partial charge in [0.15, 0.2) is 23.0 Å². The van der Waals surface area contributed by atoms with Crippen molar-refractivity contribution in [3.63, 3.8) is 0 Å². The molecule has 16 nitrogen and oxygen atoms in total. The number of carbonyl (C=O) groups is 4. The van der Waals surface area contributed by atoms with E-state index in [2.05, 4.69) is 20.4 Å². The number of cyclic esters (lactones) is 2. The number of anilines is 4. The first-order valence-electron chi connectivity index (χ1n) is 20.7. The monoisotopic (exact) mass is 832 g/mol. The van der Waals surface area contributed by atoms with E-state index in [1.165, 1.54) is 0 Å². The van der Waals surface area contributed by atoms with Crippen LogP contribution in [0, 0.1) is 6.92 Å². The van der Waals surface area contributed by atoms with Gasteiger partial charge in [-0.05, 0) is 68.5 Å². The highest BCUT2D eigenvalue weighted by Crippen LogP contribution is 2.37. The van der Waals surface area contributed by atoms with Gasteiger partial charge in [0.05, 0.1) is 24.5 Å². The number of benzene rings is 4. The van der Waals surface area contributed by atoms with E-state index in [0.29, 0.717) is 60.7 Å². The molecule has 4 aromatic rings. The molecule has 6 heterocycles. The van der Waals surface area contributed by atoms with Crippen LogP contribution in [0.4, 0.5) is 32.3 Å². The van der Waals surface area contributed by atoms with Crippen LogP contribution in [-0.4, -0.2) is 98.7 Å². The van der Waals surface area contributed by atoms with Crippen molar-refractivity contribution in [3.8, 4) is 23.0 Å². The largest absolute Gasteiger partial charge is 0.454 e. The van der Waals surface area contributed by atoms with Crippen LogP contribution in [0.1, 0.15) is 42.4 Å². The number of hydrogen-bond donors (Lipinski definition) is 2. The van der Waals surface area contributed by atoms with Gasteiger partial charge in [0, 0.05) is 72.9 Å². The predicted octanol–water partition coefficient (Wildman–Crippen LogP) is 6.26. The molecule has 0 spiro atoms. The summed E-state index contributed by atoms with van der Waals surface area (Å²) in [4.78, 5) is 57.8. The topological polar surface area (TPSA) is 161 Å². The summed E-state index contributed by atoms with van der Waals surface area (Å²) in [5.74, 6) is 2.51. The molecule has 0 aromatic heterocycles. The van der Waals surface area contributed by atoms with Crippen molar-refractivity contribution < 1.29 is 47.6 Å². The molecule has 0 bridgehead atoms. The van der Waals surface area contributed by atoms with E-state index in [0.717, 1.165) is 79.9 Å². The molecule has 10 rings (SSSR count). The molecule has 0 aliphatic carbocycles. The third-order valence-corrected chi connectivity index (χ3v) is 11.8. The second-order valence-electron chi connectivity index (χ2n) is 15.8. The molecule has 16 heteroatoms. The number of carbonyl (C=O) groups excluding carboxylic acids is 4. The molecular formula is C45H48N6O10. The Kier molecular flexibility index (Phi) is 11.5. The molecule has 2 N–H and O–H groups in total. The van der Waals surface area contributed by atoms with E-state index >= 15 is 0 Å². The van der Waals surface area contributed by atoms with E-state index in [4.69, 9.17) is 28.4 Å². The second-order valence-corrected chi connectivity index (χ2v) is 15.8. The van der Waals surface area contributed by atoms with Crippen LogP contribution in [0.2, 0.25) is 0 Å². The molecule has 6 aliphatic heterocycles. The van der Waals surface area contributed by atoms with E-state index in [1.807, 2.05) is 54.3 Å². The molecule has 318 valence electrons.